The van der Waals surface area contributed by atoms with E-state index in [0.717, 1.165) is 5.56 Å². The number of ether oxygens (including phenoxy) is 1. The van der Waals surface area contributed by atoms with Crippen LogP contribution in [-0.2, 0) is 4.74 Å². The molecule has 0 aliphatic heterocycles. The number of amides is 1. The molecule has 1 amide bonds. The molecule has 1 aromatic carbocycles. The lowest BCUT2D eigenvalue weighted by atomic mass is 10.1. The second kappa shape index (κ2) is 6.53. The van der Waals surface area contributed by atoms with Crippen molar-refractivity contribution in [1.82, 2.24) is 10.5 Å². The van der Waals surface area contributed by atoms with E-state index in [-0.39, 0.29) is 6.04 Å². The number of nitrogens with zero attached hydrogens (tertiary/aromatic N) is 2. The Kier molecular flexibility index (Phi) is 4.70. The zero-order valence-corrected chi connectivity index (χ0v) is 13.6. The Hall–Kier alpha value is -2.81. The van der Waals surface area contributed by atoms with Crippen LogP contribution >= 0.6 is 0 Å². The molecule has 120 valence electrons. The van der Waals surface area contributed by atoms with Gasteiger partial charge in [-0.25, -0.2) is 9.64 Å². The molecule has 0 aliphatic carbocycles. The smallest absolute Gasteiger partial charge is 0.408 e. The first-order valence-corrected chi connectivity index (χ1v) is 7.22. The molecule has 23 heavy (non-hydrogen) atoms. The minimum absolute atomic E-state index is 0.367. The zero-order valence-electron chi connectivity index (χ0n) is 13.6. The van der Waals surface area contributed by atoms with Gasteiger partial charge in [0.25, 0.3) is 0 Å². The van der Waals surface area contributed by atoms with Gasteiger partial charge in [0.2, 0.25) is 0 Å². The van der Waals surface area contributed by atoms with Crippen LogP contribution in [-0.4, -0.2) is 16.9 Å². The number of carbonyl (C=O) groups is 1. The van der Waals surface area contributed by atoms with Crippen molar-refractivity contribution in [2.24, 2.45) is 0 Å². The molecule has 0 bridgehead atoms. The highest BCUT2D eigenvalue weighted by Gasteiger charge is 2.20. The van der Waals surface area contributed by atoms with Gasteiger partial charge in [0.05, 0.1) is 12.6 Å². The number of hydrogen-bond acceptors (Lipinski definition) is 4. The van der Waals surface area contributed by atoms with Gasteiger partial charge in [-0.05, 0) is 27.7 Å². The van der Waals surface area contributed by atoms with Crippen LogP contribution in [0.15, 0.2) is 34.9 Å². The highest BCUT2D eigenvalue weighted by molar-refractivity contribution is 5.68. The first kappa shape index (κ1) is 16.6. The Balaban J connectivity index is 2.06. The lowest BCUT2D eigenvalue weighted by Crippen LogP contribution is -2.33. The molecule has 2 rings (SSSR count). The van der Waals surface area contributed by atoms with Crippen molar-refractivity contribution in [2.75, 3.05) is 0 Å². The molecule has 1 aromatic heterocycles. The van der Waals surface area contributed by atoms with Gasteiger partial charge in [0, 0.05) is 11.6 Å². The Morgan fingerprint density at radius 1 is 1.35 bits per heavy atom. The fourth-order valence-electron chi connectivity index (χ4n) is 1.89. The quantitative estimate of drug-likeness (QED) is 0.848. The molecule has 0 spiro atoms. The average Bonchev–Trinajstić information content (AvgIpc) is 2.95. The Morgan fingerprint density at radius 3 is 2.57 bits per heavy atom. The van der Waals surface area contributed by atoms with E-state index in [0.29, 0.717) is 17.1 Å². The predicted molar refractivity (Wildman–Crippen MR) is 86.0 cm³/mol. The van der Waals surface area contributed by atoms with Gasteiger partial charge in [-0.2, -0.15) is 0 Å². The third kappa shape index (κ3) is 4.58. The summed E-state index contributed by atoms with van der Waals surface area (Å²) in [5, 5.41) is 6.70. The second-order valence-corrected chi connectivity index (χ2v) is 6.14. The predicted octanol–water partition coefficient (Wildman–Crippen LogP) is 4.48. The van der Waals surface area contributed by atoms with Gasteiger partial charge in [-0.3, -0.25) is 0 Å². The number of nitrogens with one attached hydrogen (secondary N) is 1. The van der Waals surface area contributed by atoms with Gasteiger partial charge < -0.3 is 14.6 Å². The molecule has 1 N–H and O–H groups in total. The number of carbonyl (C=O) groups excluding carboxylic acids is 1. The van der Waals surface area contributed by atoms with Crippen molar-refractivity contribution in [1.29, 1.82) is 0 Å². The molecule has 6 heteroatoms. The molecule has 0 aliphatic rings. The average molecular weight is 313 g/mol. The first-order chi connectivity index (χ1) is 10.8. The van der Waals surface area contributed by atoms with Crippen LogP contribution in [0.25, 0.3) is 16.1 Å². The summed E-state index contributed by atoms with van der Waals surface area (Å²) in [6.07, 6.45) is -0.510. The lowest BCUT2D eigenvalue weighted by molar-refractivity contribution is 0.0500. The maximum Gasteiger partial charge on any atom is 0.408 e. The third-order valence-electron chi connectivity index (χ3n) is 2.98. The number of hydrogen-bond donors (Lipinski definition) is 1. The number of benzene rings is 1. The fourth-order valence-corrected chi connectivity index (χ4v) is 1.89. The number of rotatable bonds is 3. The lowest BCUT2D eigenvalue weighted by Gasteiger charge is -2.21. The Bertz CT molecular complexity index is 721. The highest BCUT2D eigenvalue weighted by atomic mass is 16.6. The summed E-state index contributed by atoms with van der Waals surface area (Å²) in [4.78, 5) is 15.1. The van der Waals surface area contributed by atoms with E-state index >= 15 is 0 Å². The summed E-state index contributed by atoms with van der Waals surface area (Å²) in [5.41, 5.74) is 1.50. The van der Waals surface area contributed by atoms with Gasteiger partial charge in [-0.15, -0.1) is 0 Å². The molecule has 0 radical (unpaired) electrons. The number of aromatic nitrogens is 1. The zero-order chi connectivity index (χ0) is 17.0. The standard InChI is InChI=1S/C17H19N3O3/c1-11(19-16(21)22-17(2,3)4)15-10-14(20-23-15)12-6-8-13(18-5)9-7-12/h6-11H,1-4H3,(H,19,21). The topological polar surface area (TPSA) is 68.7 Å². The minimum Gasteiger partial charge on any atom is -0.444 e. The van der Waals surface area contributed by atoms with Gasteiger partial charge >= 0.3 is 6.09 Å². The van der Waals surface area contributed by atoms with Gasteiger partial charge in [0.1, 0.15) is 11.3 Å². The van der Waals surface area contributed by atoms with E-state index in [1.807, 2.05) is 0 Å². The molecule has 1 atom stereocenters. The first-order valence-electron chi connectivity index (χ1n) is 7.22. The SMILES string of the molecule is [C-]#[N+]c1ccc(-c2cc(C(C)NC(=O)OC(C)(C)C)on2)cc1. The summed E-state index contributed by atoms with van der Waals surface area (Å²) in [7, 11) is 0. The van der Waals surface area contributed by atoms with Crippen molar-refractivity contribution in [3.05, 3.63) is 47.5 Å². The molecule has 2 aromatic rings. The van der Waals surface area contributed by atoms with Gasteiger partial charge in [-0.1, -0.05) is 29.4 Å². The molecular weight excluding hydrogens is 294 g/mol. The van der Waals surface area contributed by atoms with Crippen LogP contribution in [0.3, 0.4) is 0 Å². The van der Waals surface area contributed by atoms with E-state index < -0.39 is 11.7 Å². The molecule has 1 heterocycles. The molecular formula is C17H19N3O3. The van der Waals surface area contributed by atoms with Crippen LogP contribution in [0.1, 0.15) is 39.5 Å². The van der Waals surface area contributed by atoms with E-state index in [9.17, 15) is 4.79 Å². The molecule has 0 fully saturated rings. The van der Waals surface area contributed by atoms with Crippen molar-refractivity contribution in [2.45, 2.75) is 39.3 Å². The summed E-state index contributed by atoms with van der Waals surface area (Å²) in [6, 6.07) is 8.45. The monoisotopic (exact) mass is 313 g/mol. The largest absolute Gasteiger partial charge is 0.444 e. The van der Waals surface area contributed by atoms with Crippen LogP contribution in [0.5, 0.6) is 0 Å². The van der Waals surface area contributed by atoms with Gasteiger partial charge in [0.15, 0.2) is 11.4 Å². The van der Waals surface area contributed by atoms with E-state index in [4.69, 9.17) is 15.8 Å². The van der Waals surface area contributed by atoms with E-state index in [2.05, 4.69) is 15.3 Å². The summed E-state index contributed by atoms with van der Waals surface area (Å²) < 4.78 is 10.5. The molecule has 1 unspecified atom stereocenters. The summed E-state index contributed by atoms with van der Waals surface area (Å²) in [5.74, 6) is 0.528. The van der Waals surface area contributed by atoms with Crippen LogP contribution in [0.4, 0.5) is 10.5 Å². The second-order valence-electron chi connectivity index (χ2n) is 6.14. The van der Waals surface area contributed by atoms with Crippen LogP contribution in [0.2, 0.25) is 0 Å². The van der Waals surface area contributed by atoms with Crippen LogP contribution in [0, 0.1) is 6.57 Å². The van der Waals surface area contributed by atoms with Crippen molar-refractivity contribution in [3.8, 4) is 11.3 Å². The summed E-state index contributed by atoms with van der Waals surface area (Å²) >= 11 is 0. The normalized spacial score (nSPS) is 12.3. The molecule has 6 nitrogen and oxygen atoms in total. The third-order valence-corrected chi connectivity index (χ3v) is 2.98. The maximum atomic E-state index is 11.8. The Labute approximate surface area is 135 Å². The summed E-state index contributed by atoms with van der Waals surface area (Å²) in [6.45, 7) is 14.1. The van der Waals surface area contributed by atoms with E-state index in [1.165, 1.54) is 0 Å². The van der Waals surface area contributed by atoms with Crippen LogP contribution < -0.4 is 5.32 Å². The Morgan fingerprint density at radius 2 is 2.00 bits per heavy atom. The molecule has 0 saturated carbocycles. The minimum atomic E-state index is -0.555. The van der Waals surface area contributed by atoms with E-state index in [1.54, 1.807) is 58.0 Å². The fraction of sp³-hybridized carbons (Fsp3) is 0.353. The molecule has 0 saturated heterocycles. The highest BCUT2D eigenvalue weighted by Crippen LogP contribution is 2.24. The van der Waals surface area contributed by atoms with Crippen molar-refractivity contribution >= 4 is 11.8 Å². The van der Waals surface area contributed by atoms with Crippen molar-refractivity contribution in [3.63, 3.8) is 0 Å². The number of alkyl carbamates (subject to hydrolysis) is 1. The maximum absolute atomic E-state index is 11.8. The van der Waals surface area contributed by atoms with Crippen molar-refractivity contribution < 1.29 is 14.1 Å².